The van der Waals surface area contributed by atoms with Gasteiger partial charge < -0.3 is 25.1 Å². The molecule has 10 heteroatoms. The summed E-state index contributed by atoms with van der Waals surface area (Å²) in [6.07, 6.45) is 0. The van der Waals surface area contributed by atoms with Crippen LogP contribution < -0.4 is 11.1 Å². The maximum absolute atomic E-state index is 14.0. The van der Waals surface area contributed by atoms with E-state index >= 15 is 0 Å². The Morgan fingerprint density at radius 1 is 1.13 bits per heavy atom. The molecule has 0 aliphatic rings. The number of hydrogen-bond donors (Lipinski definition) is 3. The Morgan fingerprint density at radius 2 is 1.83 bits per heavy atom. The minimum Gasteiger partial charge on any atom is -0.419 e. The minimum absolute atomic E-state index is 0.156. The fourth-order valence-corrected chi connectivity index (χ4v) is 2.76. The first kappa shape index (κ1) is 19.3. The molecule has 0 unspecified atom stereocenters. The number of halogens is 2. The molecule has 0 saturated heterocycles. The number of aromatic nitrogens is 2. The molecule has 2 heterocycles. The van der Waals surface area contributed by atoms with Gasteiger partial charge in [-0.1, -0.05) is 23.4 Å². The number of oxazole rings is 1. The van der Waals surface area contributed by atoms with Crippen LogP contribution in [0.3, 0.4) is 0 Å². The van der Waals surface area contributed by atoms with Gasteiger partial charge in [0.1, 0.15) is 29.5 Å². The van der Waals surface area contributed by atoms with Gasteiger partial charge in [-0.15, -0.1) is 0 Å². The summed E-state index contributed by atoms with van der Waals surface area (Å²) in [6, 6.07) is 11.6. The topological polar surface area (TPSA) is 127 Å². The number of nitrogens with zero attached hydrogens (tertiary/aromatic N) is 2. The zero-order valence-corrected chi connectivity index (χ0v) is 15.2. The lowest BCUT2D eigenvalue weighted by atomic mass is 10.1. The summed E-state index contributed by atoms with van der Waals surface area (Å²) < 4.78 is 38.4. The molecule has 4 N–H and O–H groups in total. The molecule has 2 aromatic heterocycles. The number of nitrogens with one attached hydrogen (secondary N) is 1. The normalized spacial score (nSPS) is 10.9. The van der Waals surface area contributed by atoms with Gasteiger partial charge in [0.05, 0.1) is 0 Å². The van der Waals surface area contributed by atoms with Gasteiger partial charge in [0.2, 0.25) is 11.8 Å². The summed E-state index contributed by atoms with van der Waals surface area (Å²) in [5, 5.41) is 15.7. The third-order valence-corrected chi connectivity index (χ3v) is 4.19. The summed E-state index contributed by atoms with van der Waals surface area (Å²) in [4.78, 5) is 15.6. The van der Waals surface area contributed by atoms with Gasteiger partial charge in [-0.2, -0.15) is 0 Å². The van der Waals surface area contributed by atoms with E-state index in [1.54, 1.807) is 30.3 Å². The van der Waals surface area contributed by atoms with Gasteiger partial charge in [-0.3, -0.25) is 4.79 Å². The number of carbonyl (C=O) groups excluding carboxylic acids is 1. The van der Waals surface area contributed by atoms with Gasteiger partial charge in [0.25, 0.3) is 5.91 Å². The Labute approximate surface area is 167 Å². The Balaban J connectivity index is 1.64. The molecular weight excluding hydrogens is 398 g/mol. The maximum Gasteiger partial charge on any atom is 0.273 e. The van der Waals surface area contributed by atoms with E-state index < -0.39 is 29.0 Å². The molecule has 0 fully saturated rings. The Kier molecular flexibility index (Phi) is 4.98. The van der Waals surface area contributed by atoms with Crippen LogP contribution >= 0.6 is 0 Å². The van der Waals surface area contributed by atoms with Gasteiger partial charge in [-0.05, 0) is 24.3 Å². The third kappa shape index (κ3) is 3.63. The van der Waals surface area contributed by atoms with E-state index in [4.69, 9.17) is 19.8 Å². The van der Waals surface area contributed by atoms with Crippen LogP contribution in [0.1, 0.15) is 16.2 Å². The number of aliphatic hydroxyl groups excluding tert-OH is 1. The number of hydrogen-bond acceptors (Lipinski definition) is 7. The van der Waals surface area contributed by atoms with Crippen molar-refractivity contribution < 1.29 is 27.6 Å². The first-order chi connectivity index (χ1) is 14.5. The highest BCUT2D eigenvalue weighted by Gasteiger charge is 2.23. The van der Waals surface area contributed by atoms with Crippen molar-refractivity contribution in [2.24, 2.45) is 5.73 Å². The van der Waals surface area contributed by atoms with Crippen molar-refractivity contribution in [1.29, 1.82) is 0 Å². The van der Waals surface area contributed by atoms with Crippen molar-refractivity contribution in [2.45, 2.75) is 6.61 Å². The molecule has 0 saturated carbocycles. The largest absolute Gasteiger partial charge is 0.419 e. The standard InChI is InChI=1S/C20H14F2N4O4/c21-13-2-1-3-14(22)16(13)19-25-17(18(23)28)20(29-19)24-11-6-4-10(5-7-11)15-8-12(9-27)30-26-15/h1-8,24,27H,9H2,(H2,23,28). The summed E-state index contributed by atoms with van der Waals surface area (Å²) in [5.74, 6) is -2.96. The lowest BCUT2D eigenvalue weighted by Gasteiger charge is -2.05. The molecule has 1 amide bonds. The summed E-state index contributed by atoms with van der Waals surface area (Å²) in [5.41, 5.74) is 6.24. The molecule has 2 aromatic carbocycles. The number of aliphatic hydroxyl groups is 1. The first-order valence-electron chi connectivity index (χ1n) is 8.65. The average molecular weight is 412 g/mol. The second-order valence-electron chi connectivity index (χ2n) is 6.20. The summed E-state index contributed by atoms with van der Waals surface area (Å²) in [7, 11) is 0. The fraction of sp³-hybridized carbons (Fsp3) is 0.0500. The molecule has 0 aliphatic heterocycles. The SMILES string of the molecule is NC(=O)c1nc(-c2c(F)cccc2F)oc1Nc1ccc(-c2cc(CO)on2)cc1. The molecular formula is C20H14F2N4O4. The Morgan fingerprint density at radius 3 is 2.43 bits per heavy atom. The first-order valence-corrected chi connectivity index (χ1v) is 8.65. The molecule has 152 valence electrons. The van der Waals surface area contributed by atoms with Gasteiger partial charge in [-0.25, -0.2) is 13.8 Å². The number of carbonyl (C=O) groups is 1. The van der Waals surface area contributed by atoms with Crippen molar-refractivity contribution in [3.63, 3.8) is 0 Å². The number of anilines is 2. The smallest absolute Gasteiger partial charge is 0.273 e. The molecule has 30 heavy (non-hydrogen) atoms. The molecule has 0 atom stereocenters. The second kappa shape index (κ2) is 7.76. The van der Waals surface area contributed by atoms with Crippen LogP contribution in [0.25, 0.3) is 22.7 Å². The van der Waals surface area contributed by atoms with Crippen LogP contribution in [0.2, 0.25) is 0 Å². The lowest BCUT2D eigenvalue weighted by molar-refractivity contribution is 0.0996. The molecule has 8 nitrogen and oxygen atoms in total. The third-order valence-electron chi connectivity index (χ3n) is 4.19. The Bertz CT molecular complexity index is 1200. The van der Waals surface area contributed by atoms with Crippen molar-refractivity contribution in [3.05, 3.63) is 71.6 Å². The van der Waals surface area contributed by atoms with Crippen LogP contribution in [0, 0.1) is 11.6 Å². The van der Waals surface area contributed by atoms with Crippen molar-refractivity contribution >= 4 is 17.5 Å². The highest BCUT2D eigenvalue weighted by molar-refractivity contribution is 5.96. The van der Waals surface area contributed by atoms with E-state index in [0.717, 1.165) is 12.1 Å². The van der Waals surface area contributed by atoms with E-state index in [2.05, 4.69) is 15.5 Å². The van der Waals surface area contributed by atoms with Crippen molar-refractivity contribution in [3.8, 4) is 22.7 Å². The monoisotopic (exact) mass is 412 g/mol. The molecule has 4 rings (SSSR count). The zero-order valence-electron chi connectivity index (χ0n) is 15.2. The van der Waals surface area contributed by atoms with Crippen molar-refractivity contribution in [2.75, 3.05) is 5.32 Å². The molecule has 4 aromatic rings. The van der Waals surface area contributed by atoms with Crippen LogP contribution in [-0.4, -0.2) is 21.2 Å². The van der Waals surface area contributed by atoms with Gasteiger partial charge in [0, 0.05) is 17.3 Å². The molecule has 0 radical (unpaired) electrons. The second-order valence-corrected chi connectivity index (χ2v) is 6.20. The van der Waals surface area contributed by atoms with Gasteiger partial charge >= 0.3 is 0 Å². The van der Waals surface area contributed by atoms with E-state index in [9.17, 15) is 13.6 Å². The maximum atomic E-state index is 14.0. The van der Waals surface area contributed by atoms with Crippen molar-refractivity contribution in [1.82, 2.24) is 10.1 Å². The summed E-state index contributed by atoms with van der Waals surface area (Å²) >= 11 is 0. The number of primary amides is 1. The quantitative estimate of drug-likeness (QED) is 0.441. The van der Waals surface area contributed by atoms with Crippen LogP contribution in [0.15, 0.2) is 57.5 Å². The Hall–Kier alpha value is -4.05. The molecule has 0 aliphatic carbocycles. The molecule has 0 bridgehead atoms. The molecule has 0 spiro atoms. The highest BCUT2D eigenvalue weighted by Crippen LogP contribution is 2.31. The van der Waals surface area contributed by atoms with E-state index in [0.29, 0.717) is 22.7 Å². The van der Waals surface area contributed by atoms with E-state index in [1.165, 1.54) is 6.07 Å². The summed E-state index contributed by atoms with van der Waals surface area (Å²) in [6.45, 7) is -0.265. The van der Waals surface area contributed by atoms with Crippen LogP contribution in [0.4, 0.5) is 20.4 Å². The zero-order chi connectivity index (χ0) is 21.3. The highest BCUT2D eigenvalue weighted by atomic mass is 19.1. The minimum atomic E-state index is -0.931. The number of benzene rings is 2. The average Bonchev–Trinajstić information content (AvgIpc) is 3.36. The predicted octanol–water partition coefficient (Wildman–Crippen LogP) is 3.61. The number of rotatable bonds is 6. The fourth-order valence-electron chi connectivity index (χ4n) is 2.76. The van der Waals surface area contributed by atoms with E-state index in [1.807, 2.05) is 0 Å². The number of nitrogens with two attached hydrogens (primary N) is 1. The van der Waals surface area contributed by atoms with Crippen LogP contribution in [-0.2, 0) is 6.61 Å². The number of amides is 1. The lowest BCUT2D eigenvalue weighted by Crippen LogP contribution is -2.13. The predicted molar refractivity (Wildman–Crippen MR) is 102 cm³/mol. The van der Waals surface area contributed by atoms with Crippen LogP contribution in [0.5, 0.6) is 0 Å². The van der Waals surface area contributed by atoms with Gasteiger partial charge in [0.15, 0.2) is 11.5 Å². The van der Waals surface area contributed by atoms with E-state index in [-0.39, 0.29) is 18.2 Å².